The van der Waals surface area contributed by atoms with Crippen molar-refractivity contribution in [3.8, 4) is 17.4 Å². The molecule has 2 aromatic heterocycles. The SMILES string of the molecule is CCN(Cc1nc2cc(OC)c(OC)cc2c(=O)[nH]1)c1nccc(OC)n1. The first-order valence-electron chi connectivity index (χ1n) is 8.36. The number of H-pyrrole nitrogens is 1. The maximum Gasteiger partial charge on any atom is 0.258 e. The first-order valence-corrected chi connectivity index (χ1v) is 8.36. The highest BCUT2D eigenvalue weighted by Crippen LogP contribution is 2.30. The van der Waals surface area contributed by atoms with Gasteiger partial charge in [0.15, 0.2) is 11.5 Å². The third-order valence-electron chi connectivity index (χ3n) is 4.09. The van der Waals surface area contributed by atoms with Crippen molar-refractivity contribution < 1.29 is 14.2 Å². The van der Waals surface area contributed by atoms with E-state index < -0.39 is 0 Å². The predicted molar refractivity (Wildman–Crippen MR) is 101 cm³/mol. The lowest BCUT2D eigenvalue weighted by molar-refractivity contribution is 0.355. The highest BCUT2D eigenvalue weighted by atomic mass is 16.5. The second-order valence-electron chi connectivity index (χ2n) is 5.65. The van der Waals surface area contributed by atoms with Gasteiger partial charge in [-0.15, -0.1) is 0 Å². The van der Waals surface area contributed by atoms with E-state index in [1.54, 1.807) is 31.5 Å². The summed E-state index contributed by atoms with van der Waals surface area (Å²) in [6.45, 7) is 2.93. The number of nitrogens with one attached hydrogen (secondary N) is 1. The topological polar surface area (TPSA) is 102 Å². The van der Waals surface area contributed by atoms with E-state index >= 15 is 0 Å². The lowest BCUT2D eigenvalue weighted by atomic mass is 10.2. The van der Waals surface area contributed by atoms with Crippen LogP contribution in [0.3, 0.4) is 0 Å². The fourth-order valence-corrected chi connectivity index (χ4v) is 2.69. The lowest BCUT2D eigenvalue weighted by Crippen LogP contribution is -2.27. The average Bonchev–Trinajstić information content (AvgIpc) is 2.71. The number of anilines is 1. The molecule has 0 bridgehead atoms. The molecule has 0 spiro atoms. The summed E-state index contributed by atoms with van der Waals surface area (Å²) in [6, 6.07) is 4.98. The summed E-state index contributed by atoms with van der Waals surface area (Å²) in [7, 11) is 4.61. The number of aromatic amines is 1. The van der Waals surface area contributed by atoms with Crippen molar-refractivity contribution in [3.63, 3.8) is 0 Å². The Hall–Kier alpha value is -3.36. The monoisotopic (exact) mass is 371 g/mol. The number of ether oxygens (including phenoxy) is 3. The zero-order valence-electron chi connectivity index (χ0n) is 15.6. The molecule has 0 fully saturated rings. The molecule has 0 radical (unpaired) electrons. The maximum atomic E-state index is 12.5. The van der Waals surface area contributed by atoms with E-state index in [4.69, 9.17) is 14.2 Å². The van der Waals surface area contributed by atoms with Gasteiger partial charge in [-0.1, -0.05) is 0 Å². The van der Waals surface area contributed by atoms with Crippen LogP contribution in [0.1, 0.15) is 12.7 Å². The molecule has 0 saturated carbocycles. The molecule has 0 aliphatic carbocycles. The zero-order chi connectivity index (χ0) is 19.4. The van der Waals surface area contributed by atoms with Gasteiger partial charge in [0.1, 0.15) is 5.82 Å². The number of hydrogen-bond donors (Lipinski definition) is 1. The molecule has 2 heterocycles. The van der Waals surface area contributed by atoms with Gasteiger partial charge in [-0.2, -0.15) is 4.98 Å². The van der Waals surface area contributed by atoms with E-state index in [-0.39, 0.29) is 5.56 Å². The maximum absolute atomic E-state index is 12.5. The fourth-order valence-electron chi connectivity index (χ4n) is 2.69. The minimum atomic E-state index is -0.251. The zero-order valence-corrected chi connectivity index (χ0v) is 15.6. The molecule has 0 amide bonds. The quantitative estimate of drug-likeness (QED) is 0.670. The van der Waals surface area contributed by atoms with Crippen molar-refractivity contribution in [1.29, 1.82) is 0 Å². The molecule has 3 aromatic rings. The third-order valence-corrected chi connectivity index (χ3v) is 4.09. The summed E-state index contributed by atoms with van der Waals surface area (Å²) < 4.78 is 15.7. The van der Waals surface area contributed by atoms with Gasteiger partial charge in [0.2, 0.25) is 11.8 Å². The number of benzene rings is 1. The Morgan fingerprint density at radius 2 is 1.81 bits per heavy atom. The molecule has 1 N–H and O–H groups in total. The standard InChI is InChI=1S/C18H21N5O4/c1-5-23(18-19-7-6-16(22-18)27-4)10-15-20-12-9-14(26-3)13(25-2)8-11(12)17(24)21-15/h6-9H,5,10H2,1-4H3,(H,20,21,24). The van der Waals surface area contributed by atoms with Crippen molar-refractivity contribution >= 4 is 16.9 Å². The molecule has 27 heavy (non-hydrogen) atoms. The summed E-state index contributed by atoms with van der Waals surface area (Å²) in [5, 5.41) is 0.428. The van der Waals surface area contributed by atoms with Crippen LogP contribution >= 0.6 is 0 Å². The predicted octanol–water partition coefficient (Wildman–Crippen LogP) is 1.77. The Morgan fingerprint density at radius 1 is 1.07 bits per heavy atom. The Kier molecular flexibility index (Phi) is 5.39. The second-order valence-corrected chi connectivity index (χ2v) is 5.65. The summed E-state index contributed by atoms with van der Waals surface area (Å²) >= 11 is 0. The van der Waals surface area contributed by atoms with E-state index in [0.717, 1.165) is 0 Å². The molecule has 0 atom stereocenters. The smallest absolute Gasteiger partial charge is 0.258 e. The molecule has 9 nitrogen and oxygen atoms in total. The van der Waals surface area contributed by atoms with Crippen molar-refractivity contribution in [3.05, 3.63) is 40.6 Å². The van der Waals surface area contributed by atoms with Crippen LogP contribution < -0.4 is 24.7 Å². The summed E-state index contributed by atoms with van der Waals surface area (Å²) in [4.78, 5) is 30.4. The van der Waals surface area contributed by atoms with Crippen LogP contribution in [0, 0.1) is 0 Å². The second kappa shape index (κ2) is 7.90. The van der Waals surface area contributed by atoms with Gasteiger partial charge in [-0.05, 0) is 13.0 Å². The van der Waals surface area contributed by atoms with Gasteiger partial charge in [0.25, 0.3) is 5.56 Å². The van der Waals surface area contributed by atoms with Crippen LogP contribution in [0.4, 0.5) is 5.95 Å². The molecular formula is C18H21N5O4. The highest BCUT2D eigenvalue weighted by Gasteiger charge is 2.14. The van der Waals surface area contributed by atoms with Crippen molar-refractivity contribution in [1.82, 2.24) is 19.9 Å². The van der Waals surface area contributed by atoms with Crippen molar-refractivity contribution in [2.75, 3.05) is 32.8 Å². The number of fused-ring (bicyclic) bond motifs is 1. The van der Waals surface area contributed by atoms with E-state index in [2.05, 4.69) is 19.9 Å². The molecule has 3 rings (SSSR count). The van der Waals surface area contributed by atoms with Crippen LogP contribution in [-0.4, -0.2) is 47.8 Å². The molecule has 0 unspecified atom stereocenters. The Morgan fingerprint density at radius 3 is 2.48 bits per heavy atom. The van der Waals surface area contributed by atoms with Gasteiger partial charge in [0.05, 0.1) is 38.8 Å². The van der Waals surface area contributed by atoms with Crippen LogP contribution in [-0.2, 0) is 6.54 Å². The van der Waals surface area contributed by atoms with Crippen molar-refractivity contribution in [2.24, 2.45) is 0 Å². The van der Waals surface area contributed by atoms with E-state index in [1.807, 2.05) is 11.8 Å². The Bertz CT molecular complexity index is 1000. The molecule has 0 aliphatic rings. The van der Waals surface area contributed by atoms with Crippen LogP contribution in [0.2, 0.25) is 0 Å². The number of methoxy groups -OCH3 is 3. The molecule has 9 heteroatoms. The van der Waals surface area contributed by atoms with Gasteiger partial charge >= 0.3 is 0 Å². The van der Waals surface area contributed by atoms with E-state index in [1.165, 1.54) is 14.2 Å². The minimum Gasteiger partial charge on any atom is -0.493 e. The van der Waals surface area contributed by atoms with Gasteiger partial charge in [0, 0.05) is 24.9 Å². The number of hydrogen-bond acceptors (Lipinski definition) is 8. The number of aromatic nitrogens is 4. The Balaban J connectivity index is 1.99. The van der Waals surface area contributed by atoms with Gasteiger partial charge < -0.3 is 24.1 Å². The Labute approximate surface area is 156 Å². The van der Waals surface area contributed by atoms with Crippen LogP contribution in [0.15, 0.2) is 29.2 Å². The highest BCUT2D eigenvalue weighted by molar-refractivity contribution is 5.81. The van der Waals surface area contributed by atoms with E-state index in [0.29, 0.717) is 53.1 Å². The minimum absolute atomic E-state index is 0.251. The van der Waals surface area contributed by atoms with Gasteiger partial charge in [-0.3, -0.25) is 4.79 Å². The fraction of sp³-hybridized carbons (Fsp3) is 0.333. The van der Waals surface area contributed by atoms with Gasteiger partial charge in [-0.25, -0.2) is 9.97 Å². The first kappa shape index (κ1) is 18.4. The molecule has 142 valence electrons. The van der Waals surface area contributed by atoms with Crippen molar-refractivity contribution in [2.45, 2.75) is 13.5 Å². The van der Waals surface area contributed by atoms with Crippen LogP contribution in [0.5, 0.6) is 17.4 Å². The number of rotatable bonds is 7. The summed E-state index contributed by atoms with van der Waals surface area (Å²) in [5.41, 5.74) is 0.271. The normalized spacial score (nSPS) is 10.7. The summed E-state index contributed by atoms with van der Waals surface area (Å²) in [6.07, 6.45) is 1.62. The molecule has 0 saturated heterocycles. The molecule has 0 aliphatic heterocycles. The summed E-state index contributed by atoms with van der Waals surface area (Å²) in [5.74, 6) is 2.44. The average molecular weight is 371 g/mol. The van der Waals surface area contributed by atoms with Crippen LogP contribution in [0.25, 0.3) is 10.9 Å². The molecule has 1 aromatic carbocycles. The first-order chi connectivity index (χ1) is 13.1. The van der Waals surface area contributed by atoms with E-state index in [9.17, 15) is 4.79 Å². The molecular weight excluding hydrogens is 350 g/mol. The largest absolute Gasteiger partial charge is 0.493 e. The third kappa shape index (κ3) is 3.76. The lowest BCUT2D eigenvalue weighted by Gasteiger charge is -2.20. The number of nitrogens with zero attached hydrogens (tertiary/aromatic N) is 4.